The number of amides is 1. The molecular formula is C14H25N3O2. The number of hydrogen-bond donors (Lipinski definition) is 2. The molecular weight excluding hydrogens is 242 g/mol. The maximum Gasteiger partial charge on any atom is 0.222 e. The lowest BCUT2D eigenvalue weighted by Gasteiger charge is -2.35. The van der Waals surface area contributed by atoms with Crippen LogP contribution in [0.2, 0.25) is 0 Å². The van der Waals surface area contributed by atoms with Crippen LogP contribution in [0, 0.1) is 0 Å². The minimum atomic E-state index is 0.0559. The quantitative estimate of drug-likeness (QED) is 0.762. The SMILES string of the molecule is O=C(CC1CNCCO1)NC1CCN2CCCC2C1. The van der Waals surface area contributed by atoms with Gasteiger partial charge in [-0.3, -0.25) is 4.79 Å². The zero-order chi connectivity index (χ0) is 13.1. The second-order valence-electron chi connectivity index (χ2n) is 6.02. The van der Waals surface area contributed by atoms with Crippen LogP contribution in [0.5, 0.6) is 0 Å². The first kappa shape index (κ1) is 13.3. The Morgan fingerprint density at radius 2 is 2.32 bits per heavy atom. The summed E-state index contributed by atoms with van der Waals surface area (Å²) < 4.78 is 5.58. The molecule has 0 aliphatic carbocycles. The van der Waals surface area contributed by atoms with Crippen LogP contribution in [0.15, 0.2) is 0 Å². The molecule has 3 fully saturated rings. The number of nitrogens with one attached hydrogen (secondary N) is 2. The van der Waals surface area contributed by atoms with E-state index in [4.69, 9.17) is 4.74 Å². The van der Waals surface area contributed by atoms with Crippen molar-refractivity contribution in [2.24, 2.45) is 0 Å². The van der Waals surface area contributed by atoms with Crippen molar-refractivity contribution in [2.75, 3.05) is 32.8 Å². The topological polar surface area (TPSA) is 53.6 Å². The molecule has 0 radical (unpaired) electrons. The number of nitrogens with zero attached hydrogens (tertiary/aromatic N) is 1. The fourth-order valence-corrected chi connectivity index (χ4v) is 3.60. The maximum atomic E-state index is 12.0. The van der Waals surface area contributed by atoms with Gasteiger partial charge in [0.1, 0.15) is 0 Å². The van der Waals surface area contributed by atoms with Gasteiger partial charge in [0.15, 0.2) is 0 Å². The average molecular weight is 267 g/mol. The highest BCUT2D eigenvalue weighted by Crippen LogP contribution is 2.26. The molecule has 5 heteroatoms. The third kappa shape index (κ3) is 3.46. The summed E-state index contributed by atoms with van der Waals surface area (Å²) in [4.78, 5) is 14.6. The Hall–Kier alpha value is -0.650. The molecule has 108 valence electrons. The third-order valence-corrected chi connectivity index (χ3v) is 4.60. The first-order valence-corrected chi connectivity index (χ1v) is 7.67. The van der Waals surface area contributed by atoms with Crippen LogP contribution < -0.4 is 10.6 Å². The van der Waals surface area contributed by atoms with E-state index in [1.54, 1.807) is 0 Å². The molecule has 3 aliphatic heterocycles. The van der Waals surface area contributed by atoms with Gasteiger partial charge in [0, 0.05) is 31.7 Å². The Labute approximate surface area is 115 Å². The molecule has 0 bridgehead atoms. The summed E-state index contributed by atoms with van der Waals surface area (Å²) in [6.07, 6.45) is 5.43. The molecule has 2 N–H and O–H groups in total. The van der Waals surface area contributed by atoms with E-state index in [1.807, 2.05) is 0 Å². The van der Waals surface area contributed by atoms with E-state index in [9.17, 15) is 4.79 Å². The molecule has 3 saturated heterocycles. The molecule has 3 rings (SSSR count). The first-order chi connectivity index (χ1) is 9.31. The van der Waals surface area contributed by atoms with Crippen molar-refractivity contribution in [3.63, 3.8) is 0 Å². The van der Waals surface area contributed by atoms with E-state index in [0.29, 0.717) is 18.5 Å². The molecule has 3 unspecified atom stereocenters. The number of carbonyl (C=O) groups is 1. The number of rotatable bonds is 3. The predicted octanol–water partition coefficient (Wildman–Crippen LogP) is 0.108. The minimum absolute atomic E-state index is 0.0559. The molecule has 3 aliphatic rings. The number of carbonyl (C=O) groups excluding carboxylic acids is 1. The van der Waals surface area contributed by atoms with Crippen LogP contribution >= 0.6 is 0 Å². The summed E-state index contributed by atoms with van der Waals surface area (Å²) in [7, 11) is 0. The highest BCUT2D eigenvalue weighted by Gasteiger charge is 2.32. The van der Waals surface area contributed by atoms with Crippen molar-refractivity contribution in [3.8, 4) is 0 Å². The van der Waals surface area contributed by atoms with E-state index >= 15 is 0 Å². The molecule has 0 spiro atoms. The van der Waals surface area contributed by atoms with Crippen molar-refractivity contribution in [2.45, 2.75) is 50.3 Å². The second kappa shape index (κ2) is 6.20. The van der Waals surface area contributed by atoms with Crippen LogP contribution in [0.3, 0.4) is 0 Å². The Morgan fingerprint density at radius 3 is 3.16 bits per heavy atom. The first-order valence-electron chi connectivity index (χ1n) is 7.67. The number of hydrogen-bond acceptors (Lipinski definition) is 4. The average Bonchev–Trinajstić information content (AvgIpc) is 2.87. The largest absolute Gasteiger partial charge is 0.375 e. The Morgan fingerprint density at radius 1 is 1.37 bits per heavy atom. The van der Waals surface area contributed by atoms with Gasteiger partial charge in [-0.05, 0) is 32.2 Å². The minimum Gasteiger partial charge on any atom is -0.375 e. The second-order valence-corrected chi connectivity index (χ2v) is 6.02. The van der Waals surface area contributed by atoms with Crippen molar-refractivity contribution < 1.29 is 9.53 Å². The van der Waals surface area contributed by atoms with E-state index in [1.165, 1.54) is 19.4 Å². The molecule has 5 nitrogen and oxygen atoms in total. The third-order valence-electron chi connectivity index (χ3n) is 4.60. The lowest BCUT2D eigenvalue weighted by Crippen LogP contribution is -2.48. The normalized spacial score (nSPS) is 35.9. The van der Waals surface area contributed by atoms with Gasteiger partial charge in [0.05, 0.1) is 19.1 Å². The molecule has 1 amide bonds. The maximum absolute atomic E-state index is 12.0. The van der Waals surface area contributed by atoms with Crippen LogP contribution in [0.1, 0.15) is 32.1 Å². The van der Waals surface area contributed by atoms with Crippen molar-refractivity contribution in [1.29, 1.82) is 0 Å². The van der Waals surface area contributed by atoms with Gasteiger partial charge in [-0.2, -0.15) is 0 Å². The zero-order valence-corrected chi connectivity index (χ0v) is 11.6. The van der Waals surface area contributed by atoms with Crippen LogP contribution in [0.4, 0.5) is 0 Å². The van der Waals surface area contributed by atoms with Crippen molar-refractivity contribution in [3.05, 3.63) is 0 Å². The lowest BCUT2D eigenvalue weighted by atomic mass is 9.97. The summed E-state index contributed by atoms with van der Waals surface area (Å²) in [5.74, 6) is 0.158. The Kier molecular flexibility index (Phi) is 4.35. The van der Waals surface area contributed by atoms with Gasteiger partial charge >= 0.3 is 0 Å². The smallest absolute Gasteiger partial charge is 0.222 e. The zero-order valence-electron chi connectivity index (χ0n) is 11.6. The molecule has 0 saturated carbocycles. The fourth-order valence-electron chi connectivity index (χ4n) is 3.60. The van der Waals surface area contributed by atoms with E-state index in [0.717, 1.165) is 39.1 Å². The van der Waals surface area contributed by atoms with Crippen LogP contribution in [-0.2, 0) is 9.53 Å². The standard InChI is InChI=1S/C14H25N3O2/c18-14(9-13-10-15-4-7-19-13)16-11-3-6-17-5-1-2-12(17)8-11/h11-13,15H,1-10H2,(H,16,18). The summed E-state index contributed by atoms with van der Waals surface area (Å²) in [5.41, 5.74) is 0. The van der Waals surface area contributed by atoms with Gasteiger partial charge in [-0.15, -0.1) is 0 Å². The monoisotopic (exact) mass is 267 g/mol. The predicted molar refractivity (Wildman–Crippen MR) is 73.0 cm³/mol. The fraction of sp³-hybridized carbons (Fsp3) is 0.929. The molecule has 3 heterocycles. The Bertz CT molecular complexity index is 318. The summed E-state index contributed by atoms with van der Waals surface area (Å²) in [5, 5.41) is 6.47. The molecule has 0 aromatic heterocycles. The van der Waals surface area contributed by atoms with E-state index < -0.39 is 0 Å². The molecule has 0 aromatic rings. The van der Waals surface area contributed by atoms with Gasteiger partial charge in [0.2, 0.25) is 5.91 Å². The van der Waals surface area contributed by atoms with Crippen molar-refractivity contribution in [1.82, 2.24) is 15.5 Å². The molecule has 0 aromatic carbocycles. The Balaban J connectivity index is 1.41. The van der Waals surface area contributed by atoms with E-state index in [-0.39, 0.29) is 12.0 Å². The molecule has 19 heavy (non-hydrogen) atoms. The van der Waals surface area contributed by atoms with Gasteiger partial charge in [-0.1, -0.05) is 0 Å². The number of piperidine rings is 1. The highest BCUT2D eigenvalue weighted by atomic mass is 16.5. The number of fused-ring (bicyclic) bond motifs is 1. The highest BCUT2D eigenvalue weighted by molar-refractivity contribution is 5.76. The van der Waals surface area contributed by atoms with Gasteiger partial charge in [-0.25, -0.2) is 0 Å². The van der Waals surface area contributed by atoms with Crippen molar-refractivity contribution >= 4 is 5.91 Å². The molecule has 3 atom stereocenters. The number of morpholine rings is 1. The summed E-state index contributed by atoms with van der Waals surface area (Å²) in [6, 6.07) is 1.09. The van der Waals surface area contributed by atoms with Gasteiger partial charge < -0.3 is 20.3 Å². The number of ether oxygens (including phenoxy) is 1. The van der Waals surface area contributed by atoms with E-state index in [2.05, 4.69) is 15.5 Å². The summed E-state index contributed by atoms with van der Waals surface area (Å²) in [6.45, 7) is 4.83. The van der Waals surface area contributed by atoms with Crippen LogP contribution in [0.25, 0.3) is 0 Å². The van der Waals surface area contributed by atoms with Gasteiger partial charge in [0.25, 0.3) is 0 Å². The lowest BCUT2D eigenvalue weighted by molar-refractivity contribution is -0.125. The van der Waals surface area contributed by atoms with Crippen LogP contribution in [-0.4, -0.2) is 61.8 Å². The summed E-state index contributed by atoms with van der Waals surface area (Å²) >= 11 is 0.